The number of nitrogens with one attached hydrogen (secondary N) is 1. The number of nitrogens with zero attached hydrogens (tertiary/aromatic N) is 2. The van der Waals surface area contributed by atoms with E-state index in [-0.39, 0.29) is 17.7 Å². The van der Waals surface area contributed by atoms with Crippen LogP contribution in [-0.2, 0) is 0 Å². The number of amides is 2. The first-order valence-electron chi connectivity index (χ1n) is 7.71. The molecule has 24 heavy (non-hydrogen) atoms. The van der Waals surface area contributed by atoms with Gasteiger partial charge in [-0.1, -0.05) is 0 Å². The Hall–Kier alpha value is -2.17. The lowest BCUT2D eigenvalue weighted by Crippen LogP contribution is -2.36. The first-order chi connectivity index (χ1) is 11.7. The highest BCUT2D eigenvalue weighted by Gasteiger charge is 2.29. The third-order valence-electron chi connectivity index (χ3n) is 4.15. The largest absolute Gasteiger partial charge is 0.338 e. The predicted molar refractivity (Wildman–Crippen MR) is 94.1 cm³/mol. The Bertz CT molecular complexity index is 734. The minimum Gasteiger partial charge on any atom is -0.338 e. The van der Waals surface area contributed by atoms with Crippen LogP contribution in [0.2, 0.25) is 0 Å². The summed E-state index contributed by atoms with van der Waals surface area (Å²) in [6, 6.07) is 5.21. The minimum atomic E-state index is -0.529. The zero-order valence-electron chi connectivity index (χ0n) is 13.0. The van der Waals surface area contributed by atoms with Gasteiger partial charge in [-0.2, -0.15) is 27.9 Å². The second-order valence-electron chi connectivity index (χ2n) is 5.82. The van der Waals surface area contributed by atoms with E-state index in [1.165, 1.54) is 22.7 Å². The lowest BCUT2D eigenvalue weighted by Gasteiger charge is -2.18. The second-order valence-corrected chi connectivity index (χ2v) is 7.38. The van der Waals surface area contributed by atoms with Gasteiger partial charge >= 0.3 is 0 Å². The molecule has 3 heterocycles. The molecule has 3 rings (SSSR count). The molecule has 0 bridgehead atoms. The van der Waals surface area contributed by atoms with Crippen molar-refractivity contribution in [1.82, 2.24) is 10.2 Å². The summed E-state index contributed by atoms with van der Waals surface area (Å²) in [5.41, 5.74) is 1.31. The molecule has 2 unspecified atom stereocenters. The minimum absolute atomic E-state index is 0.0505. The van der Waals surface area contributed by atoms with Crippen LogP contribution in [0, 0.1) is 17.2 Å². The van der Waals surface area contributed by atoms with Crippen LogP contribution in [-0.4, -0.2) is 35.8 Å². The maximum atomic E-state index is 12.3. The smallest absolute Gasteiger partial charge is 0.254 e. The number of carbonyl (C=O) groups excluding carboxylic acids is 2. The highest BCUT2D eigenvalue weighted by Crippen LogP contribution is 2.23. The van der Waals surface area contributed by atoms with Gasteiger partial charge in [-0.25, -0.2) is 0 Å². The van der Waals surface area contributed by atoms with E-state index in [2.05, 4.69) is 11.4 Å². The summed E-state index contributed by atoms with van der Waals surface area (Å²) >= 11 is 2.96. The van der Waals surface area contributed by atoms with Gasteiger partial charge in [0.15, 0.2) is 0 Å². The summed E-state index contributed by atoms with van der Waals surface area (Å²) in [5, 5.41) is 19.4. The van der Waals surface area contributed by atoms with Gasteiger partial charge in [-0.3, -0.25) is 9.59 Å². The molecule has 2 amide bonds. The van der Waals surface area contributed by atoms with Crippen molar-refractivity contribution in [1.29, 1.82) is 5.26 Å². The number of carbonyl (C=O) groups is 2. The molecule has 1 aliphatic rings. The van der Waals surface area contributed by atoms with Crippen LogP contribution in [0.4, 0.5) is 0 Å². The van der Waals surface area contributed by atoms with Crippen molar-refractivity contribution in [3.05, 3.63) is 44.8 Å². The third-order valence-corrected chi connectivity index (χ3v) is 5.52. The van der Waals surface area contributed by atoms with Crippen LogP contribution in [0.15, 0.2) is 33.7 Å². The molecular formula is C17H17N3O2S2. The van der Waals surface area contributed by atoms with Crippen molar-refractivity contribution in [2.75, 3.05) is 13.1 Å². The zero-order valence-corrected chi connectivity index (χ0v) is 14.6. The fourth-order valence-electron chi connectivity index (χ4n) is 2.89. The molecule has 1 saturated heterocycles. The molecule has 0 aromatic carbocycles. The Morgan fingerprint density at radius 1 is 1.29 bits per heavy atom. The van der Waals surface area contributed by atoms with Crippen molar-refractivity contribution in [3.63, 3.8) is 0 Å². The van der Waals surface area contributed by atoms with Gasteiger partial charge in [0.05, 0.1) is 17.2 Å². The molecule has 1 N–H and O–H groups in total. The van der Waals surface area contributed by atoms with E-state index in [1.54, 1.807) is 11.4 Å². The average molecular weight is 359 g/mol. The average Bonchev–Trinajstić information content (AvgIpc) is 3.34. The molecule has 1 aliphatic heterocycles. The van der Waals surface area contributed by atoms with Crippen LogP contribution in [0.5, 0.6) is 0 Å². The van der Waals surface area contributed by atoms with Crippen LogP contribution in [0.25, 0.3) is 0 Å². The maximum Gasteiger partial charge on any atom is 0.254 e. The Morgan fingerprint density at radius 2 is 2.00 bits per heavy atom. The van der Waals surface area contributed by atoms with Gasteiger partial charge in [0.25, 0.3) is 11.8 Å². The Labute approximate surface area is 148 Å². The van der Waals surface area contributed by atoms with E-state index in [1.807, 2.05) is 27.1 Å². The molecule has 0 saturated carbocycles. The van der Waals surface area contributed by atoms with Crippen LogP contribution in [0.1, 0.15) is 33.6 Å². The number of hydrogen-bond acceptors (Lipinski definition) is 5. The van der Waals surface area contributed by atoms with Gasteiger partial charge in [0.2, 0.25) is 0 Å². The highest BCUT2D eigenvalue weighted by molar-refractivity contribution is 7.08. The van der Waals surface area contributed by atoms with E-state index in [0.29, 0.717) is 25.1 Å². The van der Waals surface area contributed by atoms with E-state index in [4.69, 9.17) is 0 Å². The maximum absolute atomic E-state index is 12.3. The zero-order chi connectivity index (χ0) is 16.9. The number of likely N-dealkylation sites (tertiary alicyclic amines) is 1. The lowest BCUT2D eigenvalue weighted by atomic mass is 9.99. The molecule has 2 aromatic rings. The monoisotopic (exact) mass is 359 g/mol. The molecule has 5 nitrogen and oxygen atoms in total. The summed E-state index contributed by atoms with van der Waals surface area (Å²) in [6.45, 7) is 1.34. The van der Waals surface area contributed by atoms with E-state index in [0.717, 1.165) is 12.0 Å². The summed E-state index contributed by atoms with van der Waals surface area (Å²) < 4.78 is 0. The van der Waals surface area contributed by atoms with Gasteiger partial charge in [0.1, 0.15) is 6.04 Å². The SMILES string of the molecule is N#CC(CC1CCN(C(=O)c2ccsc2)C1)NC(=O)c1ccsc1. The van der Waals surface area contributed by atoms with Gasteiger partial charge in [-0.15, -0.1) is 0 Å². The Morgan fingerprint density at radius 3 is 2.62 bits per heavy atom. The summed E-state index contributed by atoms with van der Waals surface area (Å²) in [6.07, 6.45) is 1.43. The second kappa shape index (κ2) is 7.60. The normalized spacial score (nSPS) is 18.1. The first-order valence-corrected chi connectivity index (χ1v) is 9.60. The van der Waals surface area contributed by atoms with E-state index >= 15 is 0 Å². The van der Waals surface area contributed by atoms with Crippen molar-refractivity contribution >= 4 is 34.5 Å². The number of nitriles is 1. The number of rotatable bonds is 5. The molecule has 0 spiro atoms. The third kappa shape index (κ3) is 3.83. The first kappa shape index (κ1) is 16.7. The molecule has 2 aromatic heterocycles. The van der Waals surface area contributed by atoms with Crippen LogP contribution >= 0.6 is 22.7 Å². The van der Waals surface area contributed by atoms with Crippen LogP contribution < -0.4 is 5.32 Å². The topological polar surface area (TPSA) is 73.2 Å². The fraction of sp³-hybridized carbons (Fsp3) is 0.353. The number of hydrogen-bond donors (Lipinski definition) is 1. The predicted octanol–water partition coefficient (Wildman–Crippen LogP) is 2.98. The van der Waals surface area contributed by atoms with Gasteiger partial charge in [-0.05, 0) is 41.7 Å². The van der Waals surface area contributed by atoms with Gasteiger partial charge in [0, 0.05) is 23.8 Å². The van der Waals surface area contributed by atoms with E-state index in [9.17, 15) is 14.9 Å². The standard InChI is InChI=1S/C17H17N3O2S2/c18-8-15(19-16(21)13-2-5-23-10-13)7-12-1-4-20(9-12)17(22)14-3-6-24-11-14/h2-3,5-6,10-12,15H,1,4,7,9H2,(H,19,21). The highest BCUT2D eigenvalue weighted by atomic mass is 32.1. The summed E-state index contributed by atoms with van der Waals surface area (Å²) in [4.78, 5) is 26.2. The Balaban J connectivity index is 1.53. The molecule has 7 heteroatoms. The summed E-state index contributed by atoms with van der Waals surface area (Å²) in [7, 11) is 0. The Kier molecular flexibility index (Phi) is 5.28. The number of thiophene rings is 2. The molecule has 0 radical (unpaired) electrons. The van der Waals surface area contributed by atoms with Gasteiger partial charge < -0.3 is 10.2 Å². The lowest BCUT2D eigenvalue weighted by molar-refractivity contribution is 0.0785. The van der Waals surface area contributed by atoms with Crippen molar-refractivity contribution in [2.24, 2.45) is 5.92 Å². The molecular weight excluding hydrogens is 342 g/mol. The van der Waals surface area contributed by atoms with Crippen molar-refractivity contribution in [3.8, 4) is 6.07 Å². The van der Waals surface area contributed by atoms with Crippen molar-refractivity contribution in [2.45, 2.75) is 18.9 Å². The van der Waals surface area contributed by atoms with E-state index < -0.39 is 6.04 Å². The van der Waals surface area contributed by atoms with Crippen LogP contribution in [0.3, 0.4) is 0 Å². The van der Waals surface area contributed by atoms with Crippen molar-refractivity contribution < 1.29 is 9.59 Å². The quantitative estimate of drug-likeness (QED) is 0.892. The summed E-state index contributed by atoms with van der Waals surface area (Å²) in [5.74, 6) is 0.0709. The fourth-order valence-corrected chi connectivity index (χ4v) is 4.16. The molecule has 124 valence electrons. The molecule has 0 aliphatic carbocycles. The molecule has 2 atom stereocenters. The molecule has 1 fully saturated rings.